The molecule has 0 unspecified atom stereocenters. The smallest absolute Gasteiger partial charge is 0.165 e. The quantitative estimate of drug-likeness (QED) is 0.835. The molecule has 1 aliphatic carbocycles. The van der Waals surface area contributed by atoms with Crippen molar-refractivity contribution < 1.29 is 4.39 Å². The minimum atomic E-state index is -0.288. The Morgan fingerprint density at radius 3 is 2.68 bits per heavy atom. The Balaban J connectivity index is 1.36. The zero-order chi connectivity index (χ0) is 14.9. The summed E-state index contributed by atoms with van der Waals surface area (Å²) < 4.78 is 15.2. The fourth-order valence-electron chi connectivity index (χ4n) is 2.86. The number of rotatable bonds is 4. The van der Waals surface area contributed by atoms with Gasteiger partial charge in [0, 0.05) is 32.2 Å². The average Bonchev–Trinajstić information content (AvgIpc) is 3.28. The zero-order valence-corrected chi connectivity index (χ0v) is 12.3. The molecule has 2 fully saturated rings. The number of tetrazole rings is 1. The lowest BCUT2D eigenvalue weighted by molar-refractivity contribution is 0.239. The van der Waals surface area contributed by atoms with E-state index >= 15 is 0 Å². The molecule has 1 saturated heterocycles. The lowest BCUT2D eigenvalue weighted by atomic mass is 10.2. The van der Waals surface area contributed by atoms with Crippen LogP contribution < -0.4 is 4.90 Å². The Hall–Kier alpha value is -2.09. The van der Waals surface area contributed by atoms with Crippen molar-refractivity contribution in [3.05, 3.63) is 30.1 Å². The van der Waals surface area contributed by atoms with Crippen molar-refractivity contribution in [1.82, 2.24) is 30.1 Å². The van der Waals surface area contributed by atoms with E-state index in [1.165, 1.54) is 25.1 Å². The monoisotopic (exact) mass is 303 g/mol. The van der Waals surface area contributed by atoms with E-state index in [0.29, 0.717) is 6.04 Å². The molecule has 2 aromatic heterocycles. The fraction of sp³-hybridized carbons (Fsp3) is 0.571. The van der Waals surface area contributed by atoms with Crippen molar-refractivity contribution in [2.45, 2.75) is 25.4 Å². The largest absolute Gasteiger partial charge is 0.368 e. The number of nitrogens with zero attached hydrogens (tertiary/aromatic N) is 7. The molecule has 0 spiro atoms. The van der Waals surface area contributed by atoms with Crippen molar-refractivity contribution in [2.75, 3.05) is 31.1 Å². The summed E-state index contributed by atoms with van der Waals surface area (Å²) in [5.74, 6) is 0.659. The molecule has 2 aliphatic rings. The van der Waals surface area contributed by atoms with E-state index in [2.05, 4.69) is 30.3 Å². The first kappa shape index (κ1) is 13.6. The molecule has 0 radical (unpaired) electrons. The Morgan fingerprint density at radius 2 is 1.95 bits per heavy atom. The number of aromatic nitrogens is 5. The first-order chi connectivity index (χ1) is 10.8. The second kappa shape index (κ2) is 5.60. The van der Waals surface area contributed by atoms with Gasteiger partial charge in [-0.25, -0.2) is 9.07 Å². The van der Waals surface area contributed by atoms with Crippen LogP contribution in [0.25, 0.3) is 0 Å². The number of hydrogen-bond donors (Lipinski definition) is 0. The predicted molar refractivity (Wildman–Crippen MR) is 77.8 cm³/mol. The van der Waals surface area contributed by atoms with Gasteiger partial charge in [-0.15, -0.1) is 5.10 Å². The highest BCUT2D eigenvalue weighted by molar-refractivity contribution is 5.44. The minimum Gasteiger partial charge on any atom is -0.368 e. The van der Waals surface area contributed by atoms with Gasteiger partial charge in [-0.3, -0.25) is 9.88 Å². The van der Waals surface area contributed by atoms with E-state index in [1.807, 2.05) is 4.68 Å². The highest BCUT2D eigenvalue weighted by Gasteiger charge is 2.28. The van der Waals surface area contributed by atoms with E-state index in [-0.39, 0.29) is 5.82 Å². The summed E-state index contributed by atoms with van der Waals surface area (Å²) in [6.07, 6.45) is 5.31. The molecule has 2 aromatic rings. The van der Waals surface area contributed by atoms with Gasteiger partial charge in [0.15, 0.2) is 5.82 Å². The predicted octanol–water partition coefficient (Wildman–Crippen LogP) is 0.864. The fourth-order valence-corrected chi connectivity index (χ4v) is 2.86. The van der Waals surface area contributed by atoms with Crippen molar-refractivity contribution in [3.8, 4) is 0 Å². The van der Waals surface area contributed by atoms with Gasteiger partial charge in [-0.1, -0.05) is 0 Å². The van der Waals surface area contributed by atoms with Crippen LogP contribution in [0.5, 0.6) is 0 Å². The Morgan fingerprint density at radius 1 is 1.14 bits per heavy atom. The second-order valence-corrected chi connectivity index (χ2v) is 5.90. The third-order valence-corrected chi connectivity index (χ3v) is 4.25. The summed E-state index contributed by atoms with van der Waals surface area (Å²) in [5, 5.41) is 12.0. The molecule has 0 N–H and O–H groups in total. The highest BCUT2D eigenvalue weighted by Crippen LogP contribution is 2.34. The van der Waals surface area contributed by atoms with Crippen molar-refractivity contribution in [1.29, 1.82) is 0 Å². The Bertz CT molecular complexity index is 646. The van der Waals surface area contributed by atoms with Crippen LogP contribution in [0.15, 0.2) is 18.5 Å². The van der Waals surface area contributed by atoms with Gasteiger partial charge in [0.1, 0.15) is 5.82 Å². The number of halogens is 1. The minimum absolute atomic E-state index is 0.288. The second-order valence-electron chi connectivity index (χ2n) is 5.90. The first-order valence-electron chi connectivity index (χ1n) is 7.64. The van der Waals surface area contributed by atoms with Gasteiger partial charge in [0.2, 0.25) is 0 Å². The SMILES string of the molecule is Fc1cncc(N2CCN(Cc3nnnn3C3CC3)CC2)c1. The Labute approximate surface area is 127 Å². The molecule has 3 heterocycles. The van der Waals surface area contributed by atoms with Gasteiger partial charge < -0.3 is 4.90 Å². The summed E-state index contributed by atoms with van der Waals surface area (Å²) in [5.41, 5.74) is 0.850. The molecular formula is C14H18FN7. The van der Waals surface area contributed by atoms with Crippen LogP contribution in [0.4, 0.5) is 10.1 Å². The third kappa shape index (κ3) is 2.78. The topological polar surface area (TPSA) is 63.0 Å². The molecule has 0 bridgehead atoms. The lowest BCUT2D eigenvalue weighted by Crippen LogP contribution is -2.46. The van der Waals surface area contributed by atoms with Crippen LogP contribution in [0.2, 0.25) is 0 Å². The molecule has 0 atom stereocenters. The summed E-state index contributed by atoms with van der Waals surface area (Å²) in [4.78, 5) is 8.42. The molecule has 8 heteroatoms. The normalized spacial score (nSPS) is 19.6. The van der Waals surface area contributed by atoms with E-state index in [0.717, 1.165) is 44.2 Å². The maximum atomic E-state index is 13.3. The van der Waals surface area contributed by atoms with Crippen LogP contribution in [-0.2, 0) is 6.54 Å². The van der Waals surface area contributed by atoms with Crippen LogP contribution in [-0.4, -0.2) is 56.3 Å². The summed E-state index contributed by atoms with van der Waals surface area (Å²) >= 11 is 0. The lowest BCUT2D eigenvalue weighted by Gasteiger charge is -2.35. The maximum Gasteiger partial charge on any atom is 0.165 e. The molecule has 22 heavy (non-hydrogen) atoms. The summed E-state index contributed by atoms with van der Waals surface area (Å²) in [7, 11) is 0. The molecule has 1 aliphatic heterocycles. The van der Waals surface area contributed by atoms with Gasteiger partial charge in [0.05, 0.1) is 30.7 Å². The number of pyridine rings is 1. The Kier molecular flexibility index (Phi) is 3.45. The highest BCUT2D eigenvalue weighted by atomic mass is 19.1. The van der Waals surface area contributed by atoms with Gasteiger partial charge in [0.25, 0.3) is 0 Å². The van der Waals surface area contributed by atoms with Crippen LogP contribution >= 0.6 is 0 Å². The van der Waals surface area contributed by atoms with Gasteiger partial charge in [-0.05, 0) is 23.3 Å². The van der Waals surface area contributed by atoms with Gasteiger partial charge in [-0.2, -0.15) is 0 Å². The first-order valence-corrected chi connectivity index (χ1v) is 7.64. The van der Waals surface area contributed by atoms with Crippen molar-refractivity contribution in [3.63, 3.8) is 0 Å². The maximum absolute atomic E-state index is 13.3. The molecule has 7 nitrogen and oxygen atoms in total. The zero-order valence-electron chi connectivity index (χ0n) is 12.3. The molecule has 1 saturated carbocycles. The number of anilines is 1. The number of hydrogen-bond acceptors (Lipinski definition) is 6. The number of piperazine rings is 1. The summed E-state index contributed by atoms with van der Waals surface area (Å²) in [6.45, 7) is 4.31. The standard InChI is InChI=1S/C14H18FN7/c15-11-7-13(9-16-8-11)21-5-3-20(4-6-21)10-14-17-18-19-22(14)12-1-2-12/h7-9,12H,1-6,10H2. The average molecular weight is 303 g/mol. The molecule has 4 rings (SSSR count). The van der Waals surface area contributed by atoms with Crippen LogP contribution in [0.3, 0.4) is 0 Å². The van der Waals surface area contributed by atoms with Crippen LogP contribution in [0.1, 0.15) is 24.7 Å². The molecule has 0 aromatic carbocycles. The molecule has 116 valence electrons. The van der Waals surface area contributed by atoms with E-state index in [9.17, 15) is 4.39 Å². The van der Waals surface area contributed by atoms with E-state index in [4.69, 9.17) is 0 Å². The van der Waals surface area contributed by atoms with Gasteiger partial charge >= 0.3 is 0 Å². The molecule has 0 amide bonds. The molecular weight excluding hydrogens is 285 g/mol. The third-order valence-electron chi connectivity index (χ3n) is 4.25. The summed E-state index contributed by atoms with van der Waals surface area (Å²) in [6, 6.07) is 2.04. The van der Waals surface area contributed by atoms with Crippen molar-refractivity contribution >= 4 is 5.69 Å². The van der Waals surface area contributed by atoms with Crippen LogP contribution in [0, 0.1) is 5.82 Å². The van der Waals surface area contributed by atoms with E-state index < -0.39 is 0 Å². The van der Waals surface area contributed by atoms with E-state index in [1.54, 1.807) is 6.20 Å². The van der Waals surface area contributed by atoms with Crippen molar-refractivity contribution in [2.24, 2.45) is 0 Å².